The highest BCUT2D eigenvalue weighted by Crippen LogP contribution is 2.21. The number of ether oxygens (including phenoxy) is 1. The summed E-state index contributed by atoms with van der Waals surface area (Å²) >= 11 is 0. The normalized spacial score (nSPS) is 12.1. The van der Waals surface area contributed by atoms with Crippen molar-refractivity contribution < 1.29 is 9.53 Å². The van der Waals surface area contributed by atoms with Gasteiger partial charge in [0.2, 0.25) is 0 Å². The first-order valence-electron chi connectivity index (χ1n) is 8.33. The summed E-state index contributed by atoms with van der Waals surface area (Å²) in [6.45, 7) is 8.30. The van der Waals surface area contributed by atoms with Crippen molar-refractivity contribution >= 4 is 5.91 Å². The molecule has 1 atom stereocenters. The van der Waals surface area contributed by atoms with Crippen LogP contribution in [0.3, 0.4) is 0 Å². The molecule has 2 aromatic carbocycles. The number of nitriles is 1. The van der Waals surface area contributed by atoms with Crippen molar-refractivity contribution in [1.82, 2.24) is 4.90 Å². The maximum atomic E-state index is 13.0. The third kappa shape index (κ3) is 5.09. The van der Waals surface area contributed by atoms with Crippen LogP contribution in [0.15, 0.2) is 54.6 Å². The predicted molar refractivity (Wildman–Crippen MR) is 98.0 cm³/mol. The maximum Gasteiger partial charge on any atom is 0.264 e. The molecule has 0 heterocycles. The smallest absolute Gasteiger partial charge is 0.264 e. The summed E-state index contributed by atoms with van der Waals surface area (Å²) in [6, 6.07) is 18.8. The molecule has 0 aliphatic heterocycles. The molecular weight excluding hydrogens is 312 g/mol. The Labute approximate surface area is 149 Å². The molecule has 0 N–H and O–H groups in total. The molecule has 0 unspecified atom stereocenters. The van der Waals surface area contributed by atoms with Gasteiger partial charge in [-0.2, -0.15) is 5.26 Å². The summed E-state index contributed by atoms with van der Waals surface area (Å²) in [4.78, 5) is 14.8. The molecule has 4 nitrogen and oxygen atoms in total. The lowest BCUT2D eigenvalue weighted by atomic mass is 10.0. The van der Waals surface area contributed by atoms with Gasteiger partial charge in [-0.3, -0.25) is 4.79 Å². The molecule has 0 saturated carbocycles. The van der Waals surface area contributed by atoms with Gasteiger partial charge in [0.25, 0.3) is 5.91 Å². The first-order valence-corrected chi connectivity index (χ1v) is 8.33. The maximum absolute atomic E-state index is 13.0. The molecule has 1 amide bonds. The summed E-state index contributed by atoms with van der Waals surface area (Å²) < 4.78 is 5.79. The van der Waals surface area contributed by atoms with Crippen LogP contribution in [0.5, 0.6) is 5.75 Å². The molecule has 0 saturated heterocycles. The fraction of sp³-hybridized carbons (Fsp3) is 0.333. The van der Waals surface area contributed by atoms with E-state index in [1.807, 2.05) is 56.0 Å². The molecule has 0 aliphatic carbocycles. The van der Waals surface area contributed by atoms with Gasteiger partial charge in [0, 0.05) is 12.1 Å². The van der Waals surface area contributed by atoms with Gasteiger partial charge in [-0.05, 0) is 51.5 Å². The summed E-state index contributed by atoms with van der Waals surface area (Å²) in [5, 5.41) is 8.98. The van der Waals surface area contributed by atoms with Crippen LogP contribution >= 0.6 is 0 Å². The third-order valence-electron chi connectivity index (χ3n) is 3.88. The Morgan fingerprint density at radius 1 is 1.16 bits per heavy atom. The lowest BCUT2D eigenvalue weighted by molar-refractivity contribution is -0.143. The second-order valence-corrected chi connectivity index (χ2v) is 6.98. The summed E-state index contributed by atoms with van der Waals surface area (Å²) in [5.74, 6) is 0.437. The average Bonchev–Trinajstić information content (AvgIpc) is 2.59. The number of amides is 1. The molecule has 0 aliphatic rings. The van der Waals surface area contributed by atoms with Crippen LogP contribution in [0, 0.1) is 11.3 Å². The minimum absolute atomic E-state index is 0.0845. The van der Waals surface area contributed by atoms with E-state index in [1.54, 1.807) is 31.2 Å². The van der Waals surface area contributed by atoms with E-state index < -0.39 is 6.10 Å². The molecule has 25 heavy (non-hydrogen) atoms. The monoisotopic (exact) mass is 336 g/mol. The van der Waals surface area contributed by atoms with Crippen LogP contribution < -0.4 is 4.74 Å². The molecule has 0 radical (unpaired) electrons. The Morgan fingerprint density at radius 2 is 1.84 bits per heavy atom. The van der Waals surface area contributed by atoms with Gasteiger partial charge in [0.05, 0.1) is 11.6 Å². The highest BCUT2D eigenvalue weighted by atomic mass is 16.5. The van der Waals surface area contributed by atoms with Crippen molar-refractivity contribution in [3.8, 4) is 11.8 Å². The van der Waals surface area contributed by atoms with Crippen LogP contribution in [0.2, 0.25) is 0 Å². The number of benzene rings is 2. The van der Waals surface area contributed by atoms with Crippen LogP contribution in [-0.2, 0) is 11.3 Å². The van der Waals surface area contributed by atoms with E-state index in [9.17, 15) is 4.79 Å². The van der Waals surface area contributed by atoms with Crippen LogP contribution in [-0.4, -0.2) is 22.4 Å². The molecule has 2 rings (SSSR count). The van der Waals surface area contributed by atoms with E-state index in [-0.39, 0.29) is 11.4 Å². The van der Waals surface area contributed by atoms with E-state index in [2.05, 4.69) is 6.07 Å². The molecule has 0 spiro atoms. The Balaban J connectivity index is 2.16. The minimum Gasteiger partial charge on any atom is -0.481 e. The number of carbonyl (C=O) groups is 1. The van der Waals surface area contributed by atoms with Gasteiger partial charge in [0.1, 0.15) is 5.75 Å². The summed E-state index contributed by atoms with van der Waals surface area (Å²) in [6.07, 6.45) is -0.642. The van der Waals surface area contributed by atoms with Crippen molar-refractivity contribution in [2.24, 2.45) is 0 Å². The fourth-order valence-corrected chi connectivity index (χ4v) is 2.52. The van der Waals surface area contributed by atoms with E-state index in [1.165, 1.54) is 0 Å². The number of nitrogens with zero attached hydrogens (tertiary/aromatic N) is 2. The van der Waals surface area contributed by atoms with E-state index in [0.29, 0.717) is 17.9 Å². The first kappa shape index (κ1) is 18.5. The van der Waals surface area contributed by atoms with Crippen LogP contribution in [0.1, 0.15) is 38.8 Å². The highest BCUT2D eigenvalue weighted by molar-refractivity contribution is 5.81. The highest BCUT2D eigenvalue weighted by Gasteiger charge is 2.30. The molecule has 0 bridgehead atoms. The van der Waals surface area contributed by atoms with Gasteiger partial charge >= 0.3 is 0 Å². The predicted octanol–water partition coefficient (Wildman–Crippen LogP) is 4.15. The molecular formula is C21H24N2O2. The summed E-state index contributed by atoms with van der Waals surface area (Å²) in [7, 11) is 0. The van der Waals surface area contributed by atoms with E-state index in [4.69, 9.17) is 10.00 Å². The lowest BCUT2D eigenvalue weighted by Crippen LogP contribution is -2.50. The lowest BCUT2D eigenvalue weighted by Gasteiger charge is -2.37. The molecule has 0 fully saturated rings. The van der Waals surface area contributed by atoms with Gasteiger partial charge in [-0.1, -0.05) is 36.4 Å². The largest absolute Gasteiger partial charge is 0.481 e. The van der Waals surface area contributed by atoms with Gasteiger partial charge in [0.15, 0.2) is 6.10 Å². The van der Waals surface area contributed by atoms with Crippen LogP contribution in [0.4, 0.5) is 0 Å². The fourth-order valence-electron chi connectivity index (χ4n) is 2.52. The number of hydrogen-bond acceptors (Lipinski definition) is 3. The topological polar surface area (TPSA) is 53.3 Å². The number of carbonyl (C=O) groups excluding carboxylic acids is 1. The Hall–Kier alpha value is -2.80. The Kier molecular flexibility index (Phi) is 5.82. The SMILES string of the molecule is C[C@H](Oc1cccc(C#N)c1)C(=O)N(Cc1ccccc1)C(C)(C)C. The number of hydrogen-bond donors (Lipinski definition) is 0. The zero-order valence-electron chi connectivity index (χ0n) is 15.2. The van der Waals surface area contributed by atoms with Crippen molar-refractivity contribution in [3.63, 3.8) is 0 Å². The quantitative estimate of drug-likeness (QED) is 0.824. The molecule has 2 aromatic rings. The van der Waals surface area contributed by atoms with Crippen molar-refractivity contribution in [3.05, 3.63) is 65.7 Å². The van der Waals surface area contributed by atoms with Crippen molar-refractivity contribution in [2.45, 2.75) is 45.9 Å². The van der Waals surface area contributed by atoms with Crippen molar-refractivity contribution in [2.75, 3.05) is 0 Å². The Morgan fingerprint density at radius 3 is 2.44 bits per heavy atom. The second-order valence-electron chi connectivity index (χ2n) is 6.98. The standard InChI is InChI=1S/C21H24N2O2/c1-16(25-19-12-8-11-18(13-19)14-22)20(24)23(21(2,3)4)15-17-9-6-5-7-10-17/h5-13,16H,15H2,1-4H3/t16-/m0/s1. The van der Waals surface area contributed by atoms with Gasteiger partial charge in [-0.15, -0.1) is 0 Å². The number of rotatable bonds is 5. The van der Waals surface area contributed by atoms with E-state index in [0.717, 1.165) is 5.56 Å². The van der Waals surface area contributed by atoms with Gasteiger partial charge < -0.3 is 9.64 Å². The van der Waals surface area contributed by atoms with Crippen molar-refractivity contribution in [1.29, 1.82) is 5.26 Å². The summed E-state index contributed by atoms with van der Waals surface area (Å²) in [5.41, 5.74) is 1.25. The second kappa shape index (κ2) is 7.85. The molecule has 0 aromatic heterocycles. The molecule has 130 valence electrons. The van der Waals surface area contributed by atoms with Gasteiger partial charge in [-0.25, -0.2) is 0 Å². The Bertz CT molecular complexity index is 757. The first-order chi connectivity index (χ1) is 11.8. The zero-order chi connectivity index (χ0) is 18.4. The zero-order valence-corrected chi connectivity index (χ0v) is 15.2. The average molecular weight is 336 g/mol. The minimum atomic E-state index is -0.642. The third-order valence-corrected chi connectivity index (χ3v) is 3.88. The van der Waals surface area contributed by atoms with E-state index >= 15 is 0 Å². The molecule has 4 heteroatoms. The van der Waals surface area contributed by atoms with Crippen LogP contribution in [0.25, 0.3) is 0 Å².